The molecule has 0 N–H and O–H groups in total. The Morgan fingerprint density at radius 2 is 1.26 bits per heavy atom. The summed E-state index contributed by atoms with van der Waals surface area (Å²) in [5.41, 5.74) is 3.47. The maximum atomic E-state index is 8.84. The molecule has 0 radical (unpaired) electrons. The van der Waals surface area contributed by atoms with E-state index in [-0.39, 0.29) is 0 Å². The van der Waals surface area contributed by atoms with Crippen LogP contribution in [0.1, 0.15) is 22.3 Å². The lowest BCUT2D eigenvalue weighted by atomic mass is 10.1. The quantitative estimate of drug-likeness (QED) is 0.749. The van der Waals surface area contributed by atoms with Gasteiger partial charge in [-0.15, -0.1) is 0 Å². The molecule has 0 bridgehead atoms. The number of hydrogen-bond acceptors (Lipinski definition) is 3. The summed E-state index contributed by atoms with van der Waals surface area (Å²) < 4.78 is 5.30. The maximum absolute atomic E-state index is 8.84. The Balaban J connectivity index is 1.76. The molecule has 0 aliphatic rings. The topological polar surface area (TPSA) is 56.8 Å². The van der Waals surface area contributed by atoms with Gasteiger partial charge >= 0.3 is 0 Å². The molecule has 0 aromatic heterocycles. The molecule has 112 valence electrons. The Kier molecular flexibility index (Phi) is 6.20. The van der Waals surface area contributed by atoms with E-state index < -0.39 is 0 Å². The van der Waals surface area contributed by atoms with Gasteiger partial charge in [0.05, 0.1) is 35.8 Å². The van der Waals surface area contributed by atoms with Gasteiger partial charge in [0, 0.05) is 0 Å². The summed E-state index contributed by atoms with van der Waals surface area (Å²) in [5, 5.41) is 17.7. The first-order valence-corrected chi connectivity index (χ1v) is 7.25. The highest BCUT2D eigenvalue weighted by molar-refractivity contribution is 5.34. The minimum absolute atomic E-state index is 0.663. The van der Waals surface area contributed by atoms with Crippen LogP contribution in [-0.2, 0) is 17.6 Å². The molecule has 0 saturated heterocycles. The Hall–Kier alpha value is -3.30. The Labute approximate surface area is 136 Å². The van der Waals surface area contributed by atoms with Crippen LogP contribution in [-0.4, -0.2) is 0 Å². The van der Waals surface area contributed by atoms with Crippen molar-refractivity contribution in [2.24, 2.45) is 0 Å². The average molecular weight is 300 g/mol. The number of ether oxygens (including phenoxy) is 1. The van der Waals surface area contributed by atoms with E-state index >= 15 is 0 Å². The van der Waals surface area contributed by atoms with Crippen LogP contribution in [0.15, 0.2) is 73.2 Å². The van der Waals surface area contributed by atoms with Crippen molar-refractivity contribution in [3.05, 3.63) is 95.5 Å². The molecule has 0 aliphatic carbocycles. The van der Waals surface area contributed by atoms with Crippen molar-refractivity contribution >= 4 is 0 Å². The Morgan fingerprint density at radius 1 is 0.783 bits per heavy atom. The van der Waals surface area contributed by atoms with Gasteiger partial charge in [-0.3, -0.25) is 0 Å². The van der Waals surface area contributed by atoms with Crippen molar-refractivity contribution in [2.45, 2.75) is 12.8 Å². The second-order valence-corrected chi connectivity index (χ2v) is 4.91. The highest BCUT2D eigenvalue weighted by Gasteiger charge is 1.93. The summed E-state index contributed by atoms with van der Waals surface area (Å²) >= 11 is 0. The summed E-state index contributed by atoms with van der Waals surface area (Å²) in [4.78, 5) is 0. The molecule has 0 atom stereocenters. The number of rotatable bonds is 6. The molecular weight excluding hydrogens is 284 g/mol. The molecular formula is C20H16N2O. The largest absolute Gasteiger partial charge is 0.473 e. The van der Waals surface area contributed by atoms with Crippen LogP contribution in [0.5, 0.6) is 0 Å². The molecule has 2 aromatic rings. The summed E-state index contributed by atoms with van der Waals surface area (Å²) in [6.45, 7) is 0. The van der Waals surface area contributed by atoms with Crippen LogP contribution in [0, 0.1) is 22.7 Å². The van der Waals surface area contributed by atoms with E-state index in [2.05, 4.69) is 12.1 Å². The van der Waals surface area contributed by atoms with Crippen molar-refractivity contribution in [2.75, 3.05) is 0 Å². The first kappa shape index (κ1) is 16.1. The molecule has 0 spiro atoms. The third kappa shape index (κ3) is 5.53. The SMILES string of the molecule is N#Cc1cccc(CC=COC=CCc2cccc(C#N)c2)c1. The predicted octanol–water partition coefficient (Wildman–Crippen LogP) is 4.26. The monoisotopic (exact) mass is 300 g/mol. The van der Waals surface area contributed by atoms with E-state index in [0.29, 0.717) is 24.0 Å². The fourth-order valence-corrected chi connectivity index (χ4v) is 2.06. The Bertz CT molecular complexity index is 724. The molecule has 0 fully saturated rings. The fraction of sp³-hybridized carbons (Fsp3) is 0.100. The normalized spacial score (nSPS) is 10.5. The van der Waals surface area contributed by atoms with Crippen molar-refractivity contribution < 1.29 is 4.74 Å². The zero-order valence-corrected chi connectivity index (χ0v) is 12.6. The van der Waals surface area contributed by atoms with E-state index in [9.17, 15) is 0 Å². The lowest BCUT2D eigenvalue weighted by molar-refractivity contribution is 0.399. The zero-order chi connectivity index (χ0) is 16.3. The van der Waals surface area contributed by atoms with Crippen molar-refractivity contribution in [3.63, 3.8) is 0 Å². The lowest BCUT2D eigenvalue weighted by Gasteiger charge is -1.97. The van der Waals surface area contributed by atoms with E-state index in [1.54, 1.807) is 24.7 Å². The zero-order valence-electron chi connectivity index (χ0n) is 12.6. The molecule has 2 aromatic carbocycles. The standard InChI is InChI=1S/C20H16N2O/c21-15-19-7-1-5-17(13-19)9-3-11-23-12-4-10-18-6-2-8-20(14-18)16-22/h1-8,11-14H,9-10H2. The van der Waals surface area contributed by atoms with Gasteiger partial charge in [0.2, 0.25) is 0 Å². The number of nitriles is 2. The minimum Gasteiger partial charge on any atom is -0.473 e. The smallest absolute Gasteiger partial charge is 0.0991 e. The van der Waals surface area contributed by atoms with E-state index in [1.165, 1.54) is 0 Å². The van der Waals surface area contributed by atoms with Crippen LogP contribution in [0.4, 0.5) is 0 Å². The highest BCUT2D eigenvalue weighted by Crippen LogP contribution is 2.06. The van der Waals surface area contributed by atoms with E-state index in [4.69, 9.17) is 15.3 Å². The van der Waals surface area contributed by atoms with Crippen LogP contribution in [0.2, 0.25) is 0 Å². The molecule has 2 rings (SSSR count). The molecule has 3 heteroatoms. The van der Waals surface area contributed by atoms with Gasteiger partial charge in [-0.1, -0.05) is 24.3 Å². The van der Waals surface area contributed by atoms with Gasteiger partial charge in [0.15, 0.2) is 0 Å². The second kappa shape index (κ2) is 8.87. The Morgan fingerprint density at radius 3 is 1.70 bits per heavy atom. The van der Waals surface area contributed by atoms with Crippen LogP contribution >= 0.6 is 0 Å². The van der Waals surface area contributed by atoms with E-state index in [0.717, 1.165) is 11.1 Å². The third-order valence-corrected chi connectivity index (χ3v) is 3.17. The average Bonchev–Trinajstić information content (AvgIpc) is 2.61. The molecule has 0 unspecified atom stereocenters. The van der Waals surface area contributed by atoms with Gasteiger partial charge in [0.1, 0.15) is 0 Å². The number of hydrogen-bond donors (Lipinski definition) is 0. The lowest BCUT2D eigenvalue weighted by Crippen LogP contribution is -1.83. The molecule has 23 heavy (non-hydrogen) atoms. The summed E-state index contributed by atoms with van der Waals surface area (Å²) in [7, 11) is 0. The van der Waals surface area contributed by atoms with Crippen LogP contribution < -0.4 is 0 Å². The maximum Gasteiger partial charge on any atom is 0.0991 e. The summed E-state index contributed by atoms with van der Waals surface area (Å²) in [6.07, 6.45) is 8.48. The molecule has 0 aliphatic heterocycles. The summed E-state index contributed by atoms with van der Waals surface area (Å²) in [5.74, 6) is 0. The summed E-state index contributed by atoms with van der Waals surface area (Å²) in [6, 6.07) is 19.2. The number of nitrogens with zero attached hydrogens (tertiary/aromatic N) is 2. The van der Waals surface area contributed by atoms with Crippen molar-refractivity contribution in [3.8, 4) is 12.1 Å². The first-order chi connectivity index (χ1) is 11.3. The second-order valence-electron chi connectivity index (χ2n) is 4.91. The predicted molar refractivity (Wildman–Crippen MR) is 89.1 cm³/mol. The van der Waals surface area contributed by atoms with Gasteiger partial charge in [-0.25, -0.2) is 0 Å². The van der Waals surface area contributed by atoms with Gasteiger partial charge in [-0.2, -0.15) is 10.5 Å². The molecule has 0 saturated carbocycles. The molecule has 0 heterocycles. The highest BCUT2D eigenvalue weighted by atomic mass is 16.5. The minimum atomic E-state index is 0.663. The first-order valence-electron chi connectivity index (χ1n) is 7.25. The van der Waals surface area contributed by atoms with E-state index in [1.807, 2.05) is 48.6 Å². The van der Waals surface area contributed by atoms with Crippen molar-refractivity contribution in [1.29, 1.82) is 10.5 Å². The van der Waals surface area contributed by atoms with Gasteiger partial charge in [0.25, 0.3) is 0 Å². The molecule has 3 nitrogen and oxygen atoms in total. The third-order valence-electron chi connectivity index (χ3n) is 3.17. The van der Waals surface area contributed by atoms with Crippen LogP contribution in [0.25, 0.3) is 0 Å². The number of benzene rings is 2. The van der Waals surface area contributed by atoms with Gasteiger partial charge < -0.3 is 4.74 Å². The molecule has 0 amide bonds. The van der Waals surface area contributed by atoms with Crippen LogP contribution in [0.3, 0.4) is 0 Å². The fourth-order valence-electron chi connectivity index (χ4n) is 2.06. The van der Waals surface area contributed by atoms with Gasteiger partial charge in [-0.05, 0) is 60.4 Å². The van der Waals surface area contributed by atoms with Crippen molar-refractivity contribution in [1.82, 2.24) is 0 Å². The number of allylic oxidation sites excluding steroid dienone is 2.